The van der Waals surface area contributed by atoms with Crippen LogP contribution in [0.4, 0.5) is 4.79 Å². The van der Waals surface area contributed by atoms with Crippen molar-refractivity contribution in [1.82, 2.24) is 15.5 Å². The summed E-state index contributed by atoms with van der Waals surface area (Å²) in [5.41, 5.74) is 0. The molecule has 0 radical (unpaired) electrons. The van der Waals surface area contributed by atoms with Gasteiger partial charge in [0.15, 0.2) is 0 Å². The standard InChI is InChI=1S/C9H17N3O2/c1-2-11-9(13)12-7-3-10-4-8(12)6-14-5-7/h7-8,10H,2-6H2,1H3,(H,11,13). The lowest BCUT2D eigenvalue weighted by Gasteiger charge is -2.45. The molecule has 14 heavy (non-hydrogen) atoms. The van der Waals surface area contributed by atoms with Crippen molar-refractivity contribution in [2.24, 2.45) is 0 Å². The minimum absolute atomic E-state index is 0.0484. The maximum absolute atomic E-state index is 11.7. The van der Waals surface area contributed by atoms with Crippen molar-refractivity contribution in [2.45, 2.75) is 19.0 Å². The third kappa shape index (κ3) is 1.69. The molecule has 2 unspecified atom stereocenters. The Morgan fingerprint density at radius 3 is 2.71 bits per heavy atom. The SMILES string of the molecule is CCNC(=O)N1C2CNCC1COC2. The van der Waals surface area contributed by atoms with Gasteiger partial charge in [0, 0.05) is 19.6 Å². The van der Waals surface area contributed by atoms with E-state index >= 15 is 0 Å². The van der Waals surface area contributed by atoms with Gasteiger partial charge >= 0.3 is 6.03 Å². The molecule has 2 atom stereocenters. The van der Waals surface area contributed by atoms with Crippen LogP contribution in [0.25, 0.3) is 0 Å². The molecule has 0 aromatic heterocycles. The number of ether oxygens (including phenoxy) is 1. The van der Waals surface area contributed by atoms with E-state index in [0.717, 1.165) is 13.1 Å². The van der Waals surface area contributed by atoms with E-state index < -0.39 is 0 Å². The first-order valence-corrected chi connectivity index (χ1v) is 5.17. The van der Waals surface area contributed by atoms with Crippen LogP contribution in [0.5, 0.6) is 0 Å². The predicted molar refractivity (Wildman–Crippen MR) is 52.2 cm³/mol. The van der Waals surface area contributed by atoms with Crippen molar-refractivity contribution < 1.29 is 9.53 Å². The minimum atomic E-state index is 0.0484. The highest BCUT2D eigenvalue weighted by Crippen LogP contribution is 2.16. The lowest BCUT2D eigenvalue weighted by atomic mass is 10.1. The maximum atomic E-state index is 11.7. The van der Waals surface area contributed by atoms with Gasteiger partial charge in [-0.3, -0.25) is 0 Å². The number of nitrogens with one attached hydrogen (secondary N) is 2. The molecular formula is C9H17N3O2. The molecule has 2 aliphatic rings. The lowest BCUT2D eigenvalue weighted by Crippen LogP contribution is -2.66. The van der Waals surface area contributed by atoms with Crippen LogP contribution in [0, 0.1) is 0 Å². The number of hydrogen-bond acceptors (Lipinski definition) is 3. The Bertz CT molecular complexity index is 200. The van der Waals surface area contributed by atoms with Crippen LogP contribution < -0.4 is 10.6 Å². The van der Waals surface area contributed by atoms with Crippen molar-refractivity contribution in [3.05, 3.63) is 0 Å². The van der Waals surface area contributed by atoms with Gasteiger partial charge in [-0.15, -0.1) is 0 Å². The molecular weight excluding hydrogens is 182 g/mol. The zero-order valence-corrected chi connectivity index (χ0v) is 8.45. The van der Waals surface area contributed by atoms with E-state index in [2.05, 4.69) is 10.6 Å². The average Bonchev–Trinajstić information content (AvgIpc) is 2.17. The van der Waals surface area contributed by atoms with Gasteiger partial charge in [0.2, 0.25) is 0 Å². The molecule has 0 aromatic carbocycles. The van der Waals surface area contributed by atoms with Gasteiger partial charge in [-0.25, -0.2) is 4.79 Å². The monoisotopic (exact) mass is 199 g/mol. The number of nitrogens with zero attached hydrogens (tertiary/aromatic N) is 1. The fraction of sp³-hybridized carbons (Fsp3) is 0.889. The Morgan fingerprint density at radius 2 is 2.14 bits per heavy atom. The molecule has 2 saturated heterocycles. The Balaban J connectivity index is 2.04. The molecule has 5 heteroatoms. The highest BCUT2D eigenvalue weighted by molar-refractivity contribution is 5.75. The van der Waals surface area contributed by atoms with Crippen LogP contribution in [0.15, 0.2) is 0 Å². The van der Waals surface area contributed by atoms with E-state index in [0.29, 0.717) is 19.8 Å². The Labute approximate surface area is 83.8 Å². The van der Waals surface area contributed by atoms with Gasteiger partial charge in [0.25, 0.3) is 0 Å². The first-order chi connectivity index (χ1) is 6.83. The van der Waals surface area contributed by atoms with Crippen molar-refractivity contribution in [2.75, 3.05) is 32.8 Å². The molecule has 0 aliphatic carbocycles. The molecule has 2 amide bonds. The molecule has 2 aliphatic heterocycles. The number of piperazine rings is 1. The van der Waals surface area contributed by atoms with E-state index in [1.54, 1.807) is 0 Å². The van der Waals surface area contributed by atoms with Crippen LogP contribution in [-0.4, -0.2) is 55.9 Å². The molecule has 0 saturated carbocycles. The predicted octanol–water partition coefficient (Wildman–Crippen LogP) is -0.611. The molecule has 0 spiro atoms. The van der Waals surface area contributed by atoms with Gasteiger partial charge in [-0.1, -0.05) is 0 Å². The van der Waals surface area contributed by atoms with Crippen LogP contribution in [-0.2, 0) is 4.74 Å². The third-order valence-corrected chi connectivity index (χ3v) is 2.73. The molecule has 80 valence electrons. The molecule has 2 bridgehead atoms. The maximum Gasteiger partial charge on any atom is 0.318 e. The number of fused-ring (bicyclic) bond motifs is 2. The lowest BCUT2D eigenvalue weighted by molar-refractivity contribution is -0.0410. The topological polar surface area (TPSA) is 53.6 Å². The summed E-state index contributed by atoms with van der Waals surface area (Å²) in [6, 6.07) is 0.454. The number of urea groups is 1. The van der Waals surface area contributed by atoms with E-state index in [4.69, 9.17) is 4.74 Å². The zero-order valence-electron chi connectivity index (χ0n) is 8.45. The molecule has 2 rings (SSSR count). The molecule has 2 N–H and O–H groups in total. The summed E-state index contributed by atoms with van der Waals surface area (Å²) in [6.07, 6.45) is 0. The van der Waals surface area contributed by atoms with Crippen molar-refractivity contribution >= 4 is 6.03 Å². The van der Waals surface area contributed by atoms with Gasteiger partial charge in [0.1, 0.15) is 0 Å². The number of morpholine rings is 1. The average molecular weight is 199 g/mol. The van der Waals surface area contributed by atoms with Gasteiger partial charge in [0.05, 0.1) is 25.3 Å². The first kappa shape index (κ1) is 9.73. The number of rotatable bonds is 1. The van der Waals surface area contributed by atoms with Gasteiger partial charge in [-0.05, 0) is 6.92 Å². The van der Waals surface area contributed by atoms with Crippen LogP contribution >= 0.6 is 0 Å². The fourth-order valence-corrected chi connectivity index (χ4v) is 2.10. The van der Waals surface area contributed by atoms with Gasteiger partial charge < -0.3 is 20.3 Å². The van der Waals surface area contributed by atoms with Crippen molar-refractivity contribution in [3.63, 3.8) is 0 Å². The summed E-state index contributed by atoms with van der Waals surface area (Å²) in [6.45, 7) is 5.61. The summed E-state index contributed by atoms with van der Waals surface area (Å²) in [4.78, 5) is 13.7. The minimum Gasteiger partial charge on any atom is -0.377 e. The Hall–Kier alpha value is -0.810. The highest BCUT2D eigenvalue weighted by Gasteiger charge is 2.37. The van der Waals surface area contributed by atoms with Gasteiger partial charge in [-0.2, -0.15) is 0 Å². The third-order valence-electron chi connectivity index (χ3n) is 2.73. The summed E-state index contributed by atoms with van der Waals surface area (Å²) >= 11 is 0. The molecule has 2 fully saturated rings. The van der Waals surface area contributed by atoms with E-state index in [9.17, 15) is 4.79 Å². The number of carbonyl (C=O) groups excluding carboxylic acids is 1. The quantitative estimate of drug-likeness (QED) is 0.592. The largest absolute Gasteiger partial charge is 0.377 e. The van der Waals surface area contributed by atoms with Crippen molar-refractivity contribution in [1.29, 1.82) is 0 Å². The number of hydrogen-bond donors (Lipinski definition) is 2. The smallest absolute Gasteiger partial charge is 0.318 e. The van der Waals surface area contributed by atoms with E-state index in [1.807, 2.05) is 11.8 Å². The van der Waals surface area contributed by atoms with Crippen LogP contribution in [0.2, 0.25) is 0 Å². The van der Waals surface area contributed by atoms with Crippen molar-refractivity contribution in [3.8, 4) is 0 Å². The summed E-state index contributed by atoms with van der Waals surface area (Å²) < 4.78 is 5.43. The number of carbonyl (C=O) groups is 1. The van der Waals surface area contributed by atoms with Crippen LogP contribution in [0.3, 0.4) is 0 Å². The molecule has 0 aromatic rings. The van der Waals surface area contributed by atoms with E-state index in [-0.39, 0.29) is 18.1 Å². The second-order valence-electron chi connectivity index (χ2n) is 3.75. The number of amides is 2. The first-order valence-electron chi connectivity index (χ1n) is 5.17. The Morgan fingerprint density at radius 1 is 1.50 bits per heavy atom. The fourth-order valence-electron chi connectivity index (χ4n) is 2.10. The Kier molecular flexibility index (Phi) is 2.88. The summed E-state index contributed by atoms with van der Waals surface area (Å²) in [7, 11) is 0. The normalized spacial score (nSPS) is 31.4. The highest BCUT2D eigenvalue weighted by atomic mass is 16.5. The van der Waals surface area contributed by atoms with E-state index in [1.165, 1.54) is 0 Å². The van der Waals surface area contributed by atoms with Crippen LogP contribution in [0.1, 0.15) is 6.92 Å². The second-order valence-corrected chi connectivity index (χ2v) is 3.75. The molecule has 2 heterocycles. The second kappa shape index (κ2) is 4.14. The summed E-state index contributed by atoms with van der Waals surface area (Å²) in [5.74, 6) is 0. The zero-order chi connectivity index (χ0) is 9.97. The molecule has 5 nitrogen and oxygen atoms in total. The summed E-state index contributed by atoms with van der Waals surface area (Å²) in [5, 5.41) is 6.16.